The molecule has 0 aliphatic heterocycles. The standard InChI is InChI=1S/C14H12ClF/c15-10-13-7-2-1-5-11(13)9-12-6-3-4-8-14(12)16/h1-8H,9-10H2. The molecule has 82 valence electrons. The van der Waals surface area contributed by atoms with Gasteiger partial charge in [0.2, 0.25) is 0 Å². The van der Waals surface area contributed by atoms with Crippen molar-refractivity contribution in [3.63, 3.8) is 0 Å². The predicted octanol–water partition coefficient (Wildman–Crippen LogP) is 4.16. The van der Waals surface area contributed by atoms with Crippen molar-refractivity contribution in [2.24, 2.45) is 0 Å². The smallest absolute Gasteiger partial charge is 0.126 e. The second-order valence-corrected chi connectivity index (χ2v) is 3.94. The number of rotatable bonds is 3. The summed E-state index contributed by atoms with van der Waals surface area (Å²) in [5.74, 6) is 0.303. The van der Waals surface area contributed by atoms with Gasteiger partial charge in [-0.05, 0) is 22.8 Å². The first-order chi connectivity index (χ1) is 7.81. The Morgan fingerprint density at radius 2 is 1.38 bits per heavy atom. The Bertz CT molecular complexity index is 480. The van der Waals surface area contributed by atoms with Crippen molar-refractivity contribution in [3.05, 3.63) is 71.0 Å². The molecule has 0 fully saturated rings. The highest BCUT2D eigenvalue weighted by atomic mass is 35.5. The minimum absolute atomic E-state index is 0.160. The van der Waals surface area contributed by atoms with E-state index in [1.807, 2.05) is 30.3 Å². The number of hydrogen-bond donors (Lipinski definition) is 0. The van der Waals surface area contributed by atoms with Crippen LogP contribution in [0.25, 0.3) is 0 Å². The van der Waals surface area contributed by atoms with E-state index in [0.29, 0.717) is 17.9 Å². The molecule has 2 heteroatoms. The average Bonchev–Trinajstić information content (AvgIpc) is 2.33. The van der Waals surface area contributed by atoms with Crippen molar-refractivity contribution in [1.29, 1.82) is 0 Å². The SMILES string of the molecule is Fc1ccccc1Cc1ccccc1CCl. The van der Waals surface area contributed by atoms with E-state index in [1.165, 1.54) is 6.07 Å². The first-order valence-corrected chi connectivity index (χ1v) is 5.71. The number of halogens is 2. The van der Waals surface area contributed by atoms with Crippen LogP contribution in [0.3, 0.4) is 0 Å². The van der Waals surface area contributed by atoms with Crippen LogP contribution in [0.2, 0.25) is 0 Å². The van der Waals surface area contributed by atoms with E-state index < -0.39 is 0 Å². The van der Waals surface area contributed by atoms with Crippen LogP contribution in [0, 0.1) is 5.82 Å². The first kappa shape index (κ1) is 11.2. The van der Waals surface area contributed by atoms with Gasteiger partial charge in [-0.1, -0.05) is 42.5 Å². The zero-order chi connectivity index (χ0) is 11.4. The quantitative estimate of drug-likeness (QED) is 0.700. The van der Waals surface area contributed by atoms with Gasteiger partial charge < -0.3 is 0 Å². The van der Waals surface area contributed by atoms with Crippen molar-refractivity contribution >= 4 is 11.6 Å². The van der Waals surface area contributed by atoms with Gasteiger partial charge >= 0.3 is 0 Å². The maximum absolute atomic E-state index is 13.5. The van der Waals surface area contributed by atoms with E-state index in [-0.39, 0.29) is 5.82 Å². The molecule has 0 aromatic heterocycles. The molecule has 0 nitrogen and oxygen atoms in total. The third-order valence-electron chi connectivity index (χ3n) is 2.60. The largest absolute Gasteiger partial charge is 0.207 e. The summed E-state index contributed by atoms with van der Waals surface area (Å²) in [6.07, 6.45) is 0.593. The van der Waals surface area contributed by atoms with E-state index in [2.05, 4.69) is 0 Å². The fourth-order valence-electron chi connectivity index (χ4n) is 1.71. The third kappa shape index (κ3) is 2.42. The Kier molecular flexibility index (Phi) is 3.58. The van der Waals surface area contributed by atoms with Gasteiger partial charge in [0.25, 0.3) is 0 Å². The molecule has 0 saturated heterocycles. The van der Waals surface area contributed by atoms with Gasteiger partial charge in [0.15, 0.2) is 0 Å². The summed E-state index contributed by atoms with van der Waals surface area (Å²) in [5, 5.41) is 0. The molecular formula is C14H12ClF. The van der Waals surface area contributed by atoms with E-state index in [1.54, 1.807) is 12.1 Å². The summed E-state index contributed by atoms with van der Waals surface area (Å²) >= 11 is 5.84. The molecular weight excluding hydrogens is 223 g/mol. The number of hydrogen-bond acceptors (Lipinski definition) is 0. The van der Waals surface area contributed by atoms with E-state index in [0.717, 1.165) is 11.1 Å². The predicted molar refractivity (Wildman–Crippen MR) is 65.2 cm³/mol. The summed E-state index contributed by atoms with van der Waals surface area (Å²) in [6, 6.07) is 14.7. The van der Waals surface area contributed by atoms with E-state index >= 15 is 0 Å². The van der Waals surface area contributed by atoms with Gasteiger partial charge in [0.1, 0.15) is 5.82 Å². The molecule has 0 bridgehead atoms. The van der Waals surface area contributed by atoms with Crippen LogP contribution in [0.1, 0.15) is 16.7 Å². The molecule has 0 saturated carbocycles. The molecule has 0 atom stereocenters. The molecule has 16 heavy (non-hydrogen) atoms. The highest BCUT2D eigenvalue weighted by molar-refractivity contribution is 6.17. The summed E-state index contributed by atoms with van der Waals surface area (Å²) in [7, 11) is 0. The van der Waals surface area contributed by atoms with Gasteiger partial charge in [-0.15, -0.1) is 11.6 Å². The van der Waals surface area contributed by atoms with E-state index in [4.69, 9.17) is 11.6 Å². The van der Waals surface area contributed by atoms with Crippen molar-refractivity contribution in [2.75, 3.05) is 0 Å². The number of alkyl halides is 1. The topological polar surface area (TPSA) is 0 Å². The fourth-order valence-corrected chi connectivity index (χ4v) is 1.97. The van der Waals surface area contributed by atoms with Crippen LogP contribution in [-0.2, 0) is 12.3 Å². The Balaban J connectivity index is 2.30. The van der Waals surface area contributed by atoms with Gasteiger partial charge in [0.05, 0.1) is 0 Å². The van der Waals surface area contributed by atoms with Crippen LogP contribution in [0.4, 0.5) is 4.39 Å². The average molecular weight is 235 g/mol. The Labute approximate surface area is 99.7 Å². The van der Waals surface area contributed by atoms with Gasteiger partial charge in [-0.2, -0.15) is 0 Å². The second-order valence-electron chi connectivity index (χ2n) is 3.67. The highest BCUT2D eigenvalue weighted by Gasteiger charge is 2.05. The summed E-state index contributed by atoms with van der Waals surface area (Å²) in [4.78, 5) is 0. The lowest BCUT2D eigenvalue weighted by atomic mass is 10.0. The minimum Gasteiger partial charge on any atom is -0.207 e. The van der Waals surface area contributed by atoms with Crippen LogP contribution in [0.5, 0.6) is 0 Å². The highest BCUT2D eigenvalue weighted by Crippen LogP contribution is 2.17. The van der Waals surface area contributed by atoms with Crippen LogP contribution < -0.4 is 0 Å². The molecule has 0 aliphatic rings. The molecule has 2 rings (SSSR count). The Morgan fingerprint density at radius 1 is 0.812 bits per heavy atom. The van der Waals surface area contributed by atoms with Crippen LogP contribution in [-0.4, -0.2) is 0 Å². The zero-order valence-corrected chi connectivity index (χ0v) is 9.54. The number of benzene rings is 2. The summed E-state index contributed by atoms with van der Waals surface area (Å²) in [5.41, 5.74) is 2.86. The summed E-state index contributed by atoms with van der Waals surface area (Å²) in [6.45, 7) is 0. The first-order valence-electron chi connectivity index (χ1n) is 5.17. The maximum Gasteiger partial charge on any atom is 0.126 e. The van der Waals surface area contributed by atoms with Crippen LogP contribution >= 0.6 is 11.6 Å². The van der Waals surface area contributed by atoms with Gasteiger partial charge in [-0.25, -0.2) is 4.39 Å². The molecule has 2 aromatic carbocycles. The normalized spacial score (nSPS) is 10.4. The molecule has 2 aromatic rings. The van der Waals surface area contributed by atoms with Crippen molar-refractivity contribution in [3.8, 4) is 0 Å². The van der Waals surface area contributed by atoms with Crippen molar-refractivity contribution in [1.82, 2.24) is 0 Å². The Hall–Kier alpha value is -1.34. The van der Waals surface area contributed by atoms with Crippen molar-refractivity contribution < 1.29 is 4.39 Å². The zero-order valence-electron chi connectivity index (χ0n) is 8.79. The molecule has 0 heterocycles. The molecule has 0 aliphatic carbocycles. The molecule has 0 radical (unpaired) electrons. The maximum atomic E-state index is 13.5. The molecule has 0 spiro atoms. The van der Waals surface area contributed by atoms with Crippen molar-refractivity contribution in [2.45, 2.75) is 12.3 Å². The van der Waals surface area contributed by atoms with Gasteiger partial charge in [0, 0.05) is 12.3 Å². The molecule has 0 amide bonds. The van der Waals surface area contributed by atoms with Gasteiger partial charge in [-0.3, -0.25) is 0 Å². The lowest BCUT2D eigenvalue weighted by Crippen LogP contribution is -1.95. The fraction of sp³-hybridized carbons (Fsp3) is 0.143. The van der Waals surface area contributed by atoms with E-state index in [9.17, 15) is 4.39 Å². The van der Waals surface area contributed by atoms with Crippen LogP contribution in [0.15, 0.2) is 48.5 Å². The third-order valence-corrected chi connectivity index (χ3v) is 2.89. The lowest BCUT2D eigenvalue weighted by Gasteiger charge is -2.07. The molecule has 0 N–H and O–H groups in total. The second kappa shape index (κ2) is 5.13. The molecule has 0 unspecified atom stereocenters. The minimum atomic E-state index is -0.160. The monoisotopic (exact) mass is 234 g/mol. The Morgan fingerprint density at radius 3 is 2.00 bits per heavy atom. The lowest BCUT2D eigenvalue weighted by molar-refractivity contribution is 0.614. The summed E-state index contributed by atoms with van der Waals surface area (Å²) < 4.78 is 13.5.